The van der Waals surface area contributed by atoms with Gasteiger partial charge < -0.3 is 11.1 Å². The predicted octanol–water partition coefficient (Wildman–Crippen LogP) is 3.27. The molecule has 2 amide bonds. The molecule has 2 aromatic rings. The van der Waals surface area contributed by atoms with Crippen LogP contribution in [-0.2, 0) is 16.0 Å². The van der Waals surface area contributed by atoms with Gasteiger partial charge in [-0.3, -0.25) is 14.5 Å². The fraction of sp³-hybridized carbons (Fsp3) is 0.400. The summed E-state index contributed by atoms with van der Waals surface area (Å²) in [7, 11) is 0. The number of fused-ring (bicyclic) bond motifs is 1. The average molecular weight is 402 g/mol. The van der Waals surface area contributed by atoms with Gasteiger partial charge in [-0.25, -0.2) is 0 Å². The predicted molar refractivity (Wildman–Crippen MR) is 110 cm³/mol. The van der Waals surface area contributed by atoms with Crippen LogP contribution >= 0.6 is 23.1 Å². The molecule has 1 fully saturated rings. The number of hydrogen-bond acceptors (Lipinski definition) is 5. The number of nitrogens with zero attached hydrogens (tertiary/aromatic N) is 1. The highest BCUT2D eigenvalue weighted by Gasteiger charge is 2.40. The van der Waals surface area contributed by atoms with Gasteiger partial charge in [0.15, 0.2) is 0 Å². The molecule has 4 rings (SSSR count). The first-order valence-electron chi connectivity index (χ1n) is 9.22. The van der Waals surface area contributed by atoms with Gasteiger partial charge in [0.05, 0.1) is 18.0 Å². The smallest absolute Gasteiger partial charge is 0.238 e. The first-order valence-corrected chi connectivity index (χ1v) is 11.1. The van der Waals surface area contributed by atoms with Crippen LogP contribution < -0.4 is 11.1 Å². The number of anilines is 1. The normalized spacial score (nSPS) is 19.5. The number of benzene rings is 1. The number of carbonyl (C=O) groups is 2. The van der Waals surface area contributed by atoms with Gasteiger partial charge in [-0.05, 0) is 54.3 Å². The third-order valence-corrected chi connectivity index (χ3v) is 7.16. The molecule has 3 N–H and O–H groups in total. The maximum absolute atomic E-state index is 12.8. The van der Waals surface area contributed by atoms with E-state index in [0.29, 0.717) is 18.5 Å². The zero-order valence-corrected chi connectivity index (χ0v) is 16.7. The lowest BCUT2D eigenvalue weighted by Gasteiger charge is -2.35. The topological polar surface area (TPSA) is 75.4 Å². The minimum atomic E-state index is -0.367. The largest absolute Gasteiger partial charge is 0.369 e. The Morgan fingerprint density at radius 1 is 1.26 bits per heavy atom. The third-order valence-electron chi connectivity index (χ3n) is 5.06. The van der Waals surface area contributed by atoms with Crippen molar-refractivity contribution in [3.63, 3.8) is 0 Å². The lowest BCUT2D eigenvalue weighted by molar-refractivity contribution is -0.118. The summed E-state index contributed by atoms with van der Waals surface area (Å²) < 4.78 is 0. The number of thiophene rings is 1. The molecule has 0 radical (unpaired) electrons. The van der Waals surface area contributed by atoms with Crippen molar-refractivity contribution in [1.29, 1.82) is 0 Å². The molecule has 1 saturated carbocycles. The molecule has 0 unspecified atom stereocenters. The molecule has 1 aliphatic heterocycles. The number of primary amides is 1. The number of nitrogens with one attached hydrogen (secondary N) is 1. The number of hydrogen-bond donors (Lipinski definition) is 2. The minimum Gasteiger partial charge on any atom is -0.369 e. The number of amides is 2. The van der Waals surface area contributed by atoms with Crippen LogP contribution in [-0.4, -0.2) is 35.6 Å². The molecule has 0 saturated heterocycles. The van der Waals surface area contributed by atoms with E-state index in [-0.39, 0.29) is 17.6 Å². The monoisotopic (exact) mass is 401 g/mol. The summed E-state index contributed by atoms with van der Waals surface area (Å²) in [5.74, 6) is 0.508. The highest BCUT2D eigenvalue weighted by molar-refractivity contribution is 8.00. The number of carbonyl (C=O) groups excluding carboxylic acids is 2. The third kappa shape index (κ3) is 4.36. The Bertz CT molecular complexity index is 847. The van der Waals surface area contributed by atoms with Gasteiger partial charge in [0.2, 0.25) is 11.8 Å². The highest BCUT2D eigenvalue weighted by atomic mass is 32.2. The zero-order chi connectivity index (χ0) is 18.8. The van der Waals surface area contributed by atoms with Crippen LogP contribution in [0, 0.1) is 5.92 Å². The maximum atomic E-state index is 12.8. The van der Waals surface area contributed by atoms with Crippen LogP contribution in [0.15, 0.2) is 40.6 Å². The van der Waals surface area contributed by atoms with Crippen LogP contribution in [0.5, 0.6) is 0 Å². The summed E-state index contributed by atoms with van der Waals surface area (Å²) >= 11 is 3.19. The summed E-state index contributed by atoms with van der Waals surface area (Å²) in [5.41, 5.74) is 7.41. The van der Waals surface area contributed by atoms with Crippen molar-refractivity contribution in [2.24, 2.45) is 11.7 Å². The molecule has 5 nitrogen and oxygen atoms in total. The van der Waals surface area contributed by atoms with E-state index in [2.05, 4.69) is 21.7 Å². The number of thioether (sulfide) groups is 1. The first-order chi connectivity index (χ1) is 13.1. The maximum Gasteiger partial charge on any atom is 0.238 e. The van der Waals surface area contributed by atoms with Gasteiger partial charge >= 0.3 is 0 Å². The van der Waals surface area contributed by atoms with Gasteiger partial charge in [0.1, 0.15) is 0 Å². The molecule has 0 bridgehead atoms. The molecular weight excluding hydrogens is 378 g/mol. The molecule has 0 spiro atoms. The standard InChI is InChI=1S/C20H23N3O2S2/c21-18(24)12-27-17-4-2-1-3-15(17)22-19(25)11-23-9-7-16-14(8-10-26-16)20(23)13-5-6-13/h1-4,8,10,13,20H,5-7,9,11-12H2,(H2,21,24)(H,22,25)/t20-/m1/s1. The Morgan fingerprint density at radius 3 is 2.85 bits per heavy atom. The lowest BCUT2D eigenvalue weighted by Crippen LogP contribution is -2.41. The van der Waals surface area contributed by atoms with Crippen molar-refractivity contribution >= 4 is 40.6 Å². The number of rotatable bonds is 7. The van der Waals surface area contributed by atoms with Crippen molar-refractivity contribution < 1.29 is 9.59 Å². The Morgan fingerprint density at radius 2 is 2.07 bits per heavy atom. The molecular formula is C20H23N3O2S2. The Kier molecular flexibility index (Phi) is 5.52. The Labute approximate surface area is 167 Å². The number of para-hydroxylation sites is 1. The van der Waals surface area contributed by atoms with Crippen molar-refractivity contribution in [3.05, 3.63) is 46.2 Å². The van der Waals surface area contributed by atoms with Crippen molar-refractivity contribution in [3.8, 4) is 0 Å². The Balaban J connectivity index is 1.43. The zero-order valence-electron chi connectivity index (χ0n) is 15.0. The second-order valence-electron chi connectivity index (χ2n) is 7.10. The molecule has 2 aliphatic rings. The second-order valence-corrected chi connectivity index (χ2v) is 9.12. The van der Waals surface area contributed by atoms with E-state index in [0.717, 1.165) is 23.5 Å². The molecule has 27 heavy (non-hydrogen) atoms. The minimum absolute atomic E-state index is 0.00791. The van der Waals surface area contributed by atoms with Crippen LogP contribution in [0.1, 0.15) is 29.3 Å². The van der Waals surface area contributed by atoms with Crippen LogP contribution in [0.4, 0.5) is 5.69 Å². The van der Waals surface area contributed by atoms with E-state index in [1.165, 1.54) is 35.0 Å². The van der Waals surface area contributed by atoms with E-state index in [4.69, 9.17) is 5.73 Å². The van der Waals surface area contributed by atoms with E-state index >= 15 is 0 Å². The van der Waals surface area contributed by atoms with Crippen molar-refractivity contribution in [2.45, 2.75) is 30.2 Å². The number of nitrogens with two attached hydrogens (primary N) is 1. The summed E-state index contributed by atoms with van der Waals surface area (Å²) in [6.07, 6.45) is 3.53. The Hall–Kier alpha value is -1.83. The van der Waals surface area contributed by atoms with E-state index in [1.54, 1.807) is 0 Å². The van der Waals surface area contributed by atoms with Crippen LogP contribution in [0.3, 0.4) is 0 Å². The first kappa shape index (κ1) is 18.5. The lowest BCUT2D eigenvalue weighted by atomic mass is 9.96. The van der Waals surface area contributed by atoms with Crippen LogP contribution in [0.2, 0.25) is 0 Å². The summed E-state index contributed by atoms with van der Waals surface area (Å²) in [5, 5.41) is 5.20. The molecule has 7 heteroatoms. The SMILES string of the molecule is NC(=O)CSc1ccccc1NC(=O)CN1CCc2sccc2[C@H]1C1CC1. The molecule has 142 valence electrons. The second kappa shape index (κ2) is 8.04. The van der Waals surface area contributed by atoms with Crippen molar-refractivity contribution in [1.82, 2.24) is 4.90 Å². The fourth-order valence-corrected chi connectivity index (χ4v) is 5.42. The van der Waals surface area contributed by atoms with E-state index in [1.807, 2.05) is 35.6 Å². The van der Waals surface area contributed by atoms with Gasteiger partial charge in [0, 0.05) is 22.4 Å². The van der Waals surface area contributed by atoms with Crippen molar-refractivity contribution in [2.75, 3.05) is 24.2 Å². The summed E-state index contributed by atoms with van der Waals surface area (Å²) in [4.78, 5) is 28.5. The van der Waals surface area contributed by atoms with E-state index < -0.39 is 0 Å². The highest BCUT2D eigenvalue weighted by Crippen LogP contribution is 2.48. The van der Waals surface area contributed by atoms with Gasteiger partial charge in [-0.1, -0.05) is 12.1 Å². The molecule has 1 aromatic heterocycles. The molecule has 1 aromatic carbocycles. The van der Waals surface area contributed by atoms with E-state index in [9.17, 15) is 9.59 Å². The fourth-order valence-electron chi connectivity index (χ4n) is 3.76. The molecule has 2 heterocycles. The quantitative estimate of drug-likeness (QED) is 0.698. The summed E-state index contributed by atoms with van der Waals surface area (Å²) in [6.45, 7) is 1.32. The van der Waals surface area contributed by atoms with Gasteiger partial charge in [0.25, 0.3) is 0 Å². The molecule has 1 atom stereocenters. The van der Waals surface area contributed by atoms with Crippen LogP contribution in [0.25, 0.3) is 0 Å². The van der Waals surface area contributed by atoms with Gasteiger partial charge in [-0.15, -0.1) is 23.1 Å². The molecule has 1 aliphatic carbocycles. The van der Waals surface area contributed by atoms with Gasteiger partial charge in [-0.2, -0.15) is 0 Å². The summed E-state index contributed by atoms with van der Waals surface area (Å²) in [6, 6.07) is 10.2. The average Bonchev–Trinajstić information content (AvgIpc) is 3.36.